The highest BCUT2D eigenvalue weighted by molar-refractivity contribution is 7.93. The Bertz CT molecular complexity index is 880. The Hall–Kier alpha value is -2.54. The second-order valence-electron chi connectivity index (χ2n) is 5.68. The minimum Gasteiger partial charge on any atom is -0.492 e. The normalized spacial score (nSPS) is 15.8. The van der Waals surface area contributed by atoms with Gasteiger partial charge in [0.15, 0.2) is 0 Å². The summed E-state index contributed by atoms with van der Waals surface area (Å²) in [6.45, 7) is 2.81. The quantitative estimate of drug-likeness (QED) is 0.890. The number of para-hydroxylation sites is 2. The number of nitrogens with zero attached hydrogens (tertiary/aromatic N) is 1. The number of sulfonamides is 1. The lowest BCUT2D eigenvalue weighted by Crippen LogP contribution is -2.25. The van der Waals surface area contributed by atoms with Crippen LogP contribution < -0.4 is 14.4 Å². The van der Waals surface area contributed by atoms with Crippen molar-refractivity contribution in [2.45, 2.75) is 13.3 Å². The van der Waals surface area contributed by atoms with Gasteiger partial charge in [-0.1, -0.05) is 18.2 Å². The Morgan fingerprint density at radius 2 is 2.00 bits per heavy atom. The number of rotatable bonds is 5. The van der Waals surface area contributed by atoms with Gasteiger partial charge in [-0.3, -0.25) is 9.10 Å². The molecule has 6 nitrogen and oxygen atoms in total. The molecular formula is C18H20N2O4S. The fraction of sp³-hybridized carbons (Fsp3) is 0.278. The first kappa shape index (κ1) is 17.3. The summed E-state index contributed by atoms with van der Waals surface area (Å²) in [5.41, 5.74) is 1.49. The van der Waals surface area contributed by atoms with E-state index in [1.54, 1.807) is 36.4 Å². The maximum atomic E-state index is 12.6. The summed E-state index contributed by atoms with van der Waals surface area (Å²) in [5, 5.41) is 2.82. The molecule has 25 heavy (non-hydrogen) atoms. The second kappa shape index (κ2) is 7.14. The van der Waals surface area contributed by atoms with Gasteiger partial charge < -0.3 is 10.1 Å². The van der Waals surface area contributed by atoms with Crippen LogP contribution in [0.5, 0.6) is 5.75 Å². The average molecular weight is 360 g/mol. The lowest BCUT2D eigenvalue weighted by Gasteiger charge is -2.17. The third-order valence-electron chi connectivity index (χ3n) is 3.93. The van der Waals surface area contributed by atoms with E-state index in [-0.39, 0.29) is 11.7 Å². The highest BCUT2D eigenvalue weighted by Gasteiger charge is 2.28. The van der Waals surface area contributed by atoms with E-state index >= 15 is 0 Å². The zero-order chi connectivity index (χ0) is 17.9. The monoisotopic (exact) mass is 360 g/mol. The summed E-state index contributed by atoms with van der Waals surface area (Å²) in [6.07, 6.45) is 0.598. The van der Waals surface area contributed by atoms with Crippen molar-refractivity contribution in [1.29, 1.82) is 0 Å². The number of hydrogen-bond donors (Lipinski definition) is 1. The molecule has 1 aliphatic heterocycles. The second-order valence-corrected chi connectivity index (χ2v) is 7.69. The van der Waals surface area contributed by atoms with Crippen molar-refractivity contribution in [2.24, 2.45) is 0 Å². The standard InChI is InChI=1S/C18H20N2O4S/c1-2-24-17-10-4-3-9-16(17)19-18(21)14-7-5-8-15(13-14)20-11-6-12-25(20,22)23/h3-5,7-10,13H,2,6,11-12H2,1H3,(H,19,21). The number of benzene rings is 2. The first-order valence-electron chi connectivity index (χ1n) is 8.15. The van der Waals surface area contributed by atoms with Crippen LogP contribution in [0.4, 0.5) is 11.4 Å². The molecule has 0 unspecified atom stereocenters. The predicted molar refractivity (Wildman–Crippen MR) is 97.8 cm³/mol. The van der Waals surface area contributed by atoms with E-state index in [9.17, 15) is 13.2 Å². The molecule has 0 atom stereocenters. The summed E-state index contributed by atoms with van der Waals surface area (Å²) >= 11 is 0. The molecule has 1 fully saturated rings. The van der Waals surface area contributed by atoms with Gasteiger partial charge in [-0.2, -0.15) is 0 Å². The van der Waals surface area contributed by atoms with Crippen molar-refractivity contribution in [3.63, 3.8) is 0 Å². The molecule has 1 N–H and O–H groups in total. The van der Waals surface area contributed by atoms with Crippen molar-refractivity contribution in [3.8, 4) is 5.75 Å². The fourth-order valence-corrected chi connectivity index (χ4v) is 4.33. The third kappa shape index (κ3) is 3.76. The van der Waals surface area contributed by atoms with Gasteiger partial charge in [0.2, 0.25) is 10.0 Å². The SMILES string of the molecule is CCOc1ccccc1NC(=O)c1cccc(N2CCCS2(=O)=O)c1. The molecule has 2 aromatic rings. The van der Waals surface area contributed by atoms with E-state index in [0.717, 1.165) is 0 Å². The van der Waals surface area contributed by atoms with E-state index in [0.29, 0.717) is 42.3 Å². The van der Waals surface area contributed by atoms with Crippen LogP contribution in [-0.4, -0.2) is 33.2 Å². The van der Waals surface area contributed by atoms with Gasteiger partial charge in [0.1, 0.15) is 5.75 Å². The molecule has 132 valence electrons. The van der Waals surface area contributed by atoms with Gasteiger partial charge in [0.25, 0.3) is 5.91 Å². The van der Waals surface area contributed by atoms with E-state index < -0.39 is 10.0 Å². The smallest absolute Gasteiger partial charge is 0.255 e. The van der Waals surface area contributed by atoms with Gasteiger partial charge in [0.05, 0.1) is 23.7 Å². The molecular weight excluding hydrogens is 340 g/mol. The highest BCUT2D eigenvalue weighted by atomic mass is 32.2. The molecule has 0 saturated carbocycles. The predicted octanol–water partition coefficient (Wildman–Crippen LogP) is 2.88. The first-order chi connectivity index (χ1) is 12.0. The van der Waals surface area contributed by atoms with Gasteiger partial charge in [-0.15, -0.1) is 0 Å². The van der Waals surface area contributed by atoms with Crippen LogP contribution in [0, 0.1) is 0 Å². The molecule has 7 heteroatoms. The maximum Gasteiger partial charge on any atom is 0.255 e. The molecule has 1 aliphatic rings. The van der Waals surface area contributed by atoms with Gasteiger partial charge >= 0.3 is 0 Å². The van der Waals surface area contributed by atoms with Crippen LogP contribution in [0.25, 0.3) is 0 Å². The average Bonchev–Trinajstić information content (AvgIpc) is 2.96. The van der Waals surface area contributed by atoms with Crippen molar-refractivity contribution in [2.75, 3.05) is 28.5 Å². The van der Waals surface area contributed by atoms with Crippen molar-refractivity contribution < 1.29 is 17.9 Å². The largest absolute Gasteiger partial charge is 0.492 e. The van der Waals surface area contributed by atoms with Crippen molar-refractivity contribution in [1.82, 2.24) is 0 Å². The minimum absolute atomic E-state index is 0.144. The van der Waals surface area contributed by atoms with E-state index in [2.05, 4.69) is 5.32 Å². The van der Waals surface area contributed by atoms with Crippen LogP contribution in [0.15, 0.2) is 48.5 Å². The summed E-state index contributed by atoms with van der Waals surface area (Å²) in [4.78, 5) is 12.6. The van der Waals surface area contributed by atoms with Gasteiger partial charge in [0, 0.05) is 12.1 Å². The van der Waals surface area contributed by atoms with Crippen LogP contribution in [0.1, 0.15) is 23.7 Å². The molecule has 3 rings (SSSR count). The lowest BCUT2D eigenvalue weighted by molar-refractivity contribution is 0.102. The van der Waals surface area contributed by atoms with Crippen LogP contribution >= 0.6 is 0 Å². The Labute approximate surface area is 147 Å². The number of hydrogen-bond acceptors (Lipinski definition) is 4. The van der Waals surface area contributed by atoms with E-state index in [1.807, 2.05) is 19.1 Å². The Morgan fingerprint density at radius 3 is 2.72 bits per heavy atom. The fourth-order valence-electron chi connectivity index (χ4n) is 2.78. The molecule has 0 bridgehead atoms. The maximum absolute atomic E-state index is 12.6. The molecule has 1 saturated heterocycles. The number of nitrogens with one attached hydrogen (secondary N) is 1. The number of ether oxygens (including phenoxy) is 1. The molecule has 1 heterocycles. The third-order valence-corrected chi connectivity index (χ3v) is 5.80. The van der Waals surface area contributed by atoms with Gasteiger partial charge in [-0.25, -0.2) is 8.42 Å². The zero-order valence-electron chi connectivity index (χ0n) is 13.9. The summed E-state index contributed by atoms with van der Waals surface area (Å²) < 4.78 is 31.0. The first-order valence-corrected chi connectivity index (χ1v) is 9.76. The Morgan fingerprint density at radius 1 is 1.20 bits per heavy atom. The number of anilines is 2. The Kier molecular flexibility index (Phi) is 4.94. The number of carbonyl (C=O) groups excluding carboxylic acids is 1. The summed E-state index contributed by atoms with van der Waals surface area (Å²) in [5.74, 6) is 0.424. The number of carbonyl (C=O) groups is 1. The molecule has 0 spiro atoms. The zero-order valence-corrected chi connectivity index (χ0v) is 14.8. The highest BCUT2D eigenvalue weighted by Crippen LogP contribution is 2.27. The molecule has 0 radical (unpaired) electrons. The van der Waals surface area contributed by atoms with Gasteiger partial charge in [-0.05, 0) is 43.7 Å². The molecule has 0 aromatic heterocycles. The molecule has 2 aromatic carbocycles. The van der Waals surface area contributed by atoms with E-state index in [4.69, 9.17) is 4.74 Å². The van der Waals surface area contributed by atoms with Crippen molar-refractivity contribution in [3.05, 3.63) is 54.1 Å². The van der Waals surface area contributed by atoms with Crippen molar-refractivity contribution >= 4 is 27.3 Å². The van der Waals surface area contributed by atoms with Crippen LogP contribution in [0.3, 0.4) is 0 Å². The van der Waals surface area contributed by atoms with Crippen LogP contribution in [0.2, 0.25) is 0 Å². The van der Waals surface area contributed by atoms with Crippen LogP contribution in [-0.2, 0) is 10.0 Å². The topological polar surface area (TPSA) is 75.7 Å². The van der Waals surface area contributed by atoms with E-state index in [1.165, 1.54) is 4.31 Å². The minimum atomic E-state index is -3.27. The lowest BCUT2D eigenvalue weighted by atomic mass is 10.1. The summed E-state index contributed by atoms with van der Waals surface area (Å²) in [7, 11) is -3.27. The Balaban J connectivity index is 1.83. The summed E-state index contributed by atoms with van der Waals surface area (Å²) in [6, 6.07) is 13.8. The number of amides is 1. The molecule has 0 aliphatic carbocycles. The molecule has 1 amide bonds.